The quantitative estimate of drug-likeness (QED) is 0.741. The van der Waals surface area contributed by atoms with Gasteiger partial charge in [0, 0.05) is 23.9 Å². The van der Waals surface area contributed by atoms with Crippen molar-refractivity contribution in [2.75, 3.05) is 41.9 Å². The molecule has 30 heavy (non-hydrogen) atoms. The molecule has 10 nitrogen and oxygen atoms in total. The van der Waals surface area contributed by atoms with Crippen LogP contribution in [0, 0.1) is 0 Å². The highest BCUT2D eigenvalue weighted by atomic mass is 19.3. The van der Waals surface area contributed by atoms with Gasteiger partial charge in [-0.05, 0) is 19.9 Å². The van der Waals surface area contributed by atoms with Crippen LogP contribution in [0.3, 0.4) is 0 Å². The third kappa shape index (κ3) is 3.85. The number of nitrogens with zero attached hydrogens (tertiary/aromatic N) is 6. The number of aromatic nitrogens is 4. The molecule has 4 heterocycles. The molecule has 2 aliphatic rings. The van der Waals surface area contributed by atoms with E-state index in [0.717, 1.165) is 6.07 Å². The molecule has 3 atom stereocenters. The summed E-state index contributed by atoms with van der Waals surface area (Å²) in [4.78, 5) is 20.7. The van der Waals surface area contributed by atoms with Gasteiger partial charge in [0.1, 0.15) is 5.82 Å². The molecule has 2 aliphatic heterocycles. The van der Waals surface area contributed by atoms with E-state index in [1.165, 1.54) is 11.1 Å². The van der Waals surface area contributed by atoms with Gasteiger partial charge in [0.05, 0.1) is 31.9 Å². The van der Waals surface area contributed by atoms with Crippen molar-refractivity contribution in [1.82, 2.24) is 19.9 Å². The molecule has 4 rings (SSSR count). The summed E-state index contributed by atoms with van der Waals surface area (Å²) < 4.78 is 38.1. The molecule has 2 aromatic rings. The lowest BCUT2D eigenvalue weighted by Gasteiger charge is -2.39. The van der Waals surface area contributed by atoms with Crippen molar-refractivity contribution in [1.29, 1.82) is 0 Å². The lowest BCUT2D eigenvalue weighted by atomic mass is 10.1. The molecular weight excluding hydrogens is 400 g/mol. The lowest BCUT2D eigenvalue weighted by Crippen LogP contribution is -2.50. The summed E-state index contributed by atoms with van der Waals surface area (Å²) in [6, 6.07) is 1.02. The van der Waals surface area contributed by atoms with E-state index in [0.29, 0.717) is 25.7 Å². The fraction of sp³-hybridized carbons (Fsp3) is 0.556. The second-order valence-electron chi connectivity index (χ2n) is 7.29. The first-order valence-corrected chi connectivity index (χ1v) is 9.57. The smallest absolute Gasteiger partial charge is 0.264 e. The highest BCUT2D eigenvalue weighted by Crippen LogP contribution is 2.32. The number of hydrogen-bond donors (Lipinski definition) is 2. The number of aliphatic hydroxyl groups is 1. The normalized spacial score (nSPS) is 24.7. The number of morpholine rings is 1. The molecular formula is C18H23F2N7O3. The summed E-state index contributed by atoms with van der Waals surface area (Å²) in [5.74, 6) is 0.419. The molecule has 2 fully saturated rings. The van der Waals surface area contributed by atoms with Crippen LogP contribution in [0.4, 0.5) is 26.5 Å². The van der Waals surface area contributed by atoms with Gasteiger partial charge in [0.15, 0.2) is 5.82 Å². The van der Waals surface area contributed by atoms with Gasteiger partial charge in [0.25, 0.3) is 6.43 Å². The summed E-state index contributed by atoms with van der Waals surface area (Å²) in [6.45, 7) is 5.50. The van der Waals surface area contributed by atoms with Gasteiger partial charge in [0.2, 0.25) is 18.3 Å². The second-order valence-corrected chi connectivity index (χ2v) is 7.29. The van der Waals surface area contributed by atoms with Gasteiger partial charge in [-0.15, -0.1) is 0 Å². The Hall–Kier alpha value is -2.70. The van der Waals surface area contributed by atoms with E-state index in [1.807, 2.05) is 18.7 Å². The van der Waals surface area contributed by atoms with E-state index < -0.39 is 12.8 Å². The van der Waals surface area contributed by atoms with E-state index in [9.17, 15) is 13.9 Å². The van der Waals surface area contributed by atoms with Crippen LogP contribution in [0.25, 0.3) is 11.4 Å². The molecule has 12 heteroatoms. The molecule has 2 saturated heterocycles. The van der Waals surface area contributed by atoms with E-state index in [2.05, 4.69) is 19.9 Å². The van der Waals surface area contributed by atoms with Crippen LogP contribution in [-0.4, -0.2) is 69.9 Å². The van der Waals surface area contributed by atoms with E-state index >= 15 is 0 Å². The Morgan fingerprint density at radius 2 is 1.87 bits per heavy atom. The summed E-state index contributed by atoms with van der Waals surface area (Å²) in [5, 5.41) is 10.1. The highest BCUT2D eigenvalue weighted by molar-refractivity contribution is 5.64. The molecule has 3 N–H and O–H groups in total. The van der Waals surface area contributed by atoms with E-state index in [4.69, 9.17) is 15.2 Å². The minimum absolute atomic E-state index is 0.0165. The molecule has 162 valence electrons. The van der Waals surface area contributed by atoms with Crippen molar-refractivity contribution in [3.8, 4) is 11.4 Å². The summed E-state index contributed by atoms with van der Waals surface area (Å²) >= 11 is 0. The number of aliphatic hydroxyl groups excluding tert-OH is 1. The zero-order chi connectivity index (χ0) is 21.4. The first-order chi connectivity index (χ1) is 14.3. The standard InChI is InChI=1S/C18H23F2N7O3/c1-9-7-29-8-10(2)27(9)17-24-15(12-6-22-13(21)5-11(12)14(19)20)23-16(25-17)26-3-4-30-18(26)28/h5-6,9-10,14,18,28H,3-4,7-8H2,1-2H3,(H2,21,22)/t9-,10+,18?. The first-order valence-electron chi connectivity index (χ1n) is 9.57. The highest BCUT2D eigenvalue weighted by Gasteiger charge is 2.32. The maximum atomic E-state index is 13.7. The molecule has 1 unspecified atom stereocenters. The molecule has 2 aromatic heterocycles. The van der Waals surface area contributed by atoms with Crippen LogP contribution in [0.2, 0.25) is 0 Å². The van der Waals surface area contributed by atoms with Crippen LogP contribution in [-0.2, 0) is 9.47 Å². The number of halogens is 2. The fourth-order valence-corrected chi connectivity index (χ4v) is 3.63. The lowest BCUT2D eigenvalue weighted by molar-refractivity contribution is -0.0579. The number of hydrogen-bond acceptors (Lipinski definition) is 10. The van der Waals surface area contributed by atoms with Gasteiger partial charge in [-0.1, -0.05) is 0 Å². The Labute approximate surface area is 171 Å². The van der Waals surface area contributed by atoms with Crippen LogP contribution in [0.5, 0.6) is 0 Å². The largest absolute Gasteiger partial charge is 0.384 e. The van der Waals surface area contributed by atoms with Gasteiger partial charge < -0.3 is 25.2 Å². The Balaban J connectivity index is 1.86. The van der Waals surface area contributed by atoms with Crippen LogP contribution < -0.4 is 15.5 Å². The van der Waals surface area contributed by atoms with Crippen molar-refractivity contribution in [2.45, 2.75) is 38.8 Å². The maximum absolute atomic E-state index is 13.7. The first kappa shape index (κ1) is 20.6. The van der Waals surface area contributed by atoms with Gasteiger partial charge in [-0.2, -0.15) is 15.0 Å². The van der Waals surface area contributed by atoms with Crippen molar-refractivity contribution in [3.63, 3.8) is 0 Å². The Kier molecular flexibility index (Phi) is 5.62. The minimum Gasteiger partial charge on any atom is -0.384 e. The third-order valence-electron chi connectivity index (χ3n) is 5.07. The molecule has 0 saturated carbocycles. The van der Waals surface area contributed by atoms with Crippen LogP contribution in [0.15, 0.2) is 12.3 Å². The topological polar surface area (TPSA) is 123 Å². The Morgan fingerprint density at radius 3 is 2.50 bits per heavy atom. The molecule has 0 aromatic carbocycles. The SMILES string of the molecule is C[C@@H]1COC[C@H](C)N1c1nc(-c2cnc(N)cc2C(F)F)nc(N2CCOC2O)n1. The van der Waals surface area contributed by atoms with Crippen molar-refractivity contribution in [3.05, 3.63) is 17.8 Å². The number of nitrogen functional groups attached to an aromatic ring is 1. The zero-order valence-electron chi connectivity index (χ0n) is 16.6. The second kappa shape index (κ2) is 8.20. The minimum atomic E-state index is -2.80. The fourth-order valence-electron chi connectivity index (χ4n) is 3.63. The van der Waals surface area contributed by atoms with Crippen LogP contribution >= 0.6 is 0 Å². The molecule has 0 aliphatic carbocycles. The summed E-state index contributed by atoms with van der Waals surface area (Å²) in [6.07, 6.45) is -2.80. The number of anilines is 3. The Bertz CT molecular complexity index is 909. The van der Waals surface area contributed by atoms with E-state index in [1.54, 1.807) is 0 Å². The van der Waals surface area contributed by atoms with Gasteiger partial charge in [-0.25, -0.2) is 13.8 Å². The summed E-state index contributed by atoms with van der Waals surface area (Å²) in [7, 11) is 0. The average Bonchev–Trinajstić information content (AvgIpc) is 3.13. The number of nitrogens with two attached hydrogens (primary N) is 1. The predicted molar refractivity (Wildman–Crippen MR) is 104 cm³/mol. The molecule has 0 amide bonds. The number of rotatable bonds is 4. The van der Waals surface area contributed by atoms with Crippen LogP contribution in [0.1, 0.15) is 25.8 Å². The summed E-state index contributed by atoms with van der Waals surface area (Å²) in [5.41, 5.74) is 5.32. The Morgan fingerprint density at radius 1 is 1.17 bits per heavy atom. The average molecular weight is 423 g/mol. The van der Waals surface area contributed by atoms with Crippen molar-refractivity contribution in [2.24, 2.45) is 0 Å². The zero-order valence-corrected chi connectivity index (χ0v) is 16.6. The van der Waals surface area contributed by atoms with E-state index in [-0.39, 0.29) is 47.4 Å². The van der Waals surface area contributed by atoms with Gasteiger partial charge >= 0.3 is 0 Å². The molecule has 0 spiro atoms. The predicted octanol–water partition coefficient (Wildman–Crippen LogP) is 1.18. The van der Waals surface area contributed by atoms with Crippen molar-refractivity contribution >= 4 is 17.7 Å². The third-order valence-corrected chi connectivity index (χ3v) is 5.07. The van der Waals surface area contributed by atoms with Crippen molar-refractivity contribution < 1.29 is 23.4 Å². The number of alkyl halides is 2. The molecule has 0 bridgehead atoms. The van der Waals surface area contributed by atoms with Gasteiger partial charge in [-0.3, -0.25) is 4.90 Å². The maximum Gasteiger partial charge on any atom is 0.264 e. The monoisotopic (exact) mass is 423 g/mol. The molecule has 0 radical (unpaired) electrons. The number of pyridine rings is 1. The number of ether oxygens (including phenoxy) is 2.